The van der Waals surface area contributed by atoms with Crippen LogP contribution in [-0.2, 0) is 4.74 Å². The van der Waals surface area contributed by atoms with Crippen LogP contribution >= 0.6 is 12.2 Å². The van der Waals surface area contributed by atoms with Crippen LogP contribution < -0.4 is 10.7 Å². The van der Waals surface area contributed by atoms with Gasteiger partial charge in [-0.05, 0) is 30.6 Å². The van der Waals surface area contributed by atoms with Gasteiger partial charge in [0.05, 0.1) is 12.3 Å². The summed E-state index contributed by atoms with van der Waals surface area (Å²) in [5.74, 6) is 0. The second-order valence-corrected chi connectivity index (χ2v) is 4.53. The van der Waals surface area contributed by atoms with Crippen molar-refractivity contribution in [1.29, 1.82) is 0 Å². The van der Waals surface area contributed by atoms with E-state index in [1.807, 2.05) is 30.3 Å². The summed E-state index contributed by atoms with van der Waals surface area (Å²) < 4.78 is 5.49. The molecule has 96 valence electrons. The van der Waals surface area contributed by atoms with Crippen molar-refractivity contribution in [2.75, 3.05) is 13.2 Å². The van der Waals surface area contributed by atoms with Gasteiger partial charge in [0.1, 0.15) is 0 Å². The lowest BCUT2D eigenvalue weighted by atomic mass is 10.2. The van der Waals surface area contributed by atoms with Crippen molar-refractivity contribution >= 4 is 23.5 Å². The molecule has 0 amide bonds. The van der Waals surface area contributed by atoms with Crippen LogP contribution in [0, 0.1) is 0 Å². The first kappa shape index (κ1) is 13.0. The summed E-state index contributed by atoms with van der Waals surface area (Å²) in [6.07, 6.45) is 4.25. The molecule has 1 aromatic rings. The lowest BCUT2D eigenvalue weighted by Crippen LogP contribution is -2.37. The number of thiocarbonyl (C=S) groups is 1. The third-order valence-electron chi connectivity index (χ3n) is 2.69. The Hall–Kier alpha value is -1.46. The molecule has 0 saturated carbocycles. The standard InChI is InChI=1S/C13H17N3OS/c18-13(14-10-12-7-4-8-17-12)16-15-9-11-5-2-1-3-6-11/h1-3,5-6,9,12H,4,7-8,10H2,(H2,14,16,18)/b15-9+. The Morgan fingerprint density at radius 3 is 3.00 bits per heavy atom. The summed E-state index contributed by atoms with van der Waals surface area (Å²) in [5.41, 5.74) is 3.82. The number of nitrogens with one attached hydrogen (secondary N) is 2. The number of hydrogen-bond acceptors (Lipinski definition) is 3. The fourth-order valence-electron chi connectivity index (χ4n) is 1.76. The normalized spacial score (nSPS) is 19.0. The number of nitrogens with zero attached hydrogens (tertiary/aromatic N) is 1. The van der Waals surface area contributed by atoms with E-state index >= 15 is 0 Å². The number of rotatable bonds is 4. The Kier molecular flexibility index (Phi) is 5.11. The van der Waals surface area contributed by atoms with Gasteiger partial charge in [-0.15, -0.1) is 0 Å². The summed E-state index contributed by atoms with van der Waals surface area (Å²) in [6.45, 7) is 1.60. The fraction of sp³-hybridized carbons (Fsp3) is 0.385. The average molecular weight is 263 g/mol. The van der Waals surface area contributed by atoms with E-state index in [1.54, 1.807) is 6.21 Å². The molecule has 5 heteroatoms. The Bertz CT molecular complexity index is 402. The predicted molar refractivity (Wildman–Crippen MR) is 76.7 cm³/mol. The molecule has 0 spiro atoms. The Labute approximate surface area is 112 Å². The van der Waals surface area contributed by atoms with Crippen LogP contribution in [0.1, 0.15) is 18.4 Å². The van der Waals surface area contributed by atoms with Gasteiger partial charge >= 0.3 is 0 Å². The van der Waals surface area contributed by atoms with Crippen molar-refractivity contribution in [1.82, 2.24) is 10.7 Å². The van der Waals surface area contributed by atoms with Gasteiger partial charge in [-0.1, -0.05) is 30.3 Å². The molecule has 1 heterocycles. The Morgan fingerprint density at radius 1 is 1.44 bits per heavy atom. The fourth-order valence-corrected chi connectivity index (χ4v) is 1.89. The van der Waals surface area contributed by atoms with Crippen LogP contribution in [0.4, 0.5) is 0 Å². The maximum Gasteiger partial charge on any atom is 0.187 e. The highest BCUT2D eigenvalue weighted by Crippen LogP contribution is 2.10. The molecule has 0 aromatic heterocycles. The van der Waals surface area contributed by atoms with Crippen LogP contribution in [0.25, 0.3) is 0 Å². The van der Waals surface area contributed by atoms with Crippen molar-refractivity contribution in [3.05, 3.63) is 35.9 Å². The minimum absolute atomic E-state index is 0.280. The van der Waals surface area contributed by atoms with Gasteiger partial charge in [0.25, 0.3) is 0 Å². The number of hydrazone groups is 1. The first-order valence-electron chi connectivity index (χ1n) is 6.08. The Balaban J connectivity index is 1.66. The van der Waals surface area contributed by atoms with E-state index in [1.165, 1.54) is 0 Å². The number of ether oxygens (including phenoxy) is 1. The van der Waals surface area contributed by atoms with Gasteiger partial charge in [0, 0.05) is 13.2 Å². The van der Waals surface area contributed by atoms with Gasteiger partial charge in [-0.3, -0.25) is 5.43 Å². The van der Waals surface area contributed by atoms with Gasteiger partial charge in [-0.25, -0.2) is 0 Å². The van der Waals surface area contributed by atoms with E-state index in [0.717, 1.165) is 31.6 Å². The zero-order chi connectivity index (χ0) is 12.6. The molecular weight excluding hydrogens is 246 g/mol. The summed E-state index contributed by atoms with van der Waals surface area (Å²) in [6, 6.07) is 9.87. The molecule has 4 nitrogen and oxygen atoms in total. The molecule has 0 bridgehead atoms. The van der Waals surface area contributed by atoms with Gasteiger partial charge in [0.2, 0.25) is 0 Å². The molecule has 1 atom stereocenters. The molecule has 2 rings (SSSR count). The van der Waals surface area contributed by atoms with E-state index in [-0.39, 0.29) is 6.10 Å². The monoisotopic (exact) mass is 263 g/mol. The third-order valence-corrected chi connectivity index (χ3v) is 2.93. The van der Waals surface area contributed by atoms with Crippen molar-refractivity contribution in [3.63, 3.8) is 0 Å². The van der Waals surface area contributed by atoms with E-state index < -0.39 is 0 Å². The molecule has 1 saturated heterocycles. The summed E-state index contributed by atoms with van der Waals surface area (Å²) in [5, 5.41) is 7.69. The van der Waals surface area contributed by atoms with E-state index in [0.29, 0.717) is 5.11 Å². The SMILES string of the molecule is S=C(NCC1CCCO1)N/N=C/c1ccccc1. The minimum atomic E-state index is 0.280. The summed E-state index contributed by atoms with van der Waals surface area (Å²) in [7, 11) is 0. The highest BCUT2D eigenvalue weighted by molar-refractivity contribution is 7.80. The maximum absolute atomic E-state index is 5.49. The molecule has 1 fully saturated rings. The molecule has 18 heavy (non-hydrogen) atoms. The second-order valence-electron chi connectivity index (χ2n) is 4.13. The maximum atomic E-state index is 5.49. The molecule has 1 aliphatic rings. The van der Waals surface area contributed by atoms with E-state index in [9.17, 15) is 0 Å². The van der Waals surface area contributed by atoms with Crippen molar-refractivity contribution < 1.29 is 4.74 Å². The summed E-state index contributed by atoms with van der Waals surface area (Å²) >= 11 is 5.11. The quantitative estimate of drug-likeness (QED) is 0.493. The van der Waals surface area contributed by atoms with Crippen molar-refractivity contribution in [2.24, 2.45) is 5.10 Å². The minimum Gasteiger partial charge on any atom is -0.376 e. The molecule has 1 aromatic carbocycles. The summed E-state index contributed by atoms with van der Waals surface area (Å²) in [4.78, 5) is 0. The molecular formula is C13H17N3OS. The Morgan fingerprint density at radius 2 is 2.28 bits per heavy atom. The highest BCUT2D eigenvalue weighted by Gasteiger charge is 2.14. The first-order chi connectivity index (χ1) is 8.84. The highest BCUT2D eigenvalue weighted by atomic mass is 32.1. The largest absolute Gasteiger partial charge is 0.376 e. The van der Waals surface area contributed by atoms with E-state index in [2.05, 4.69) is 15.8 Å². The molecule has 0 aliphatic carbocycles. The zero-order valence-electron chi connectivity index (χ0n) is 10.1. The van der Waals surface area contributed by atoms with Crippen molar-refractivity contribution in [2.45, 2.75) is 18.9 Å². The van der Waals surface area contributed by atoms with Crippen molar-refractivity contribution in [3.8, 4) is 0 Å². The lowest BCUT2D eigenvalue weighted by Gasteiger charge is -2.11. The number of hydrogen-bond donors (Lipinski definition) is 2. The molecule has 1 unspecified atom stereocenters. The van der Waals surface area contributed by atoms with Gasteiger partial charge in [0.15, 0.2) is 5.11 Å². The van der Waals surface area contributed by atoms with Gasteiger partial charge < -0.3 is 10.1 Å². The predicted octanol–water partition coefficient (Wildman–Crippen LogP) is 1.66. The lowest BCUT2D eigenvalue weighted by molar-refractivity contribution is 0.114. The molecule has 2 N–H and O–H groups in total. The number of benzene rings is 1. The third kappa shape index (κ3) is 4.43. The first-order valence-corrected chi connectivity index (χ1v) is 6.49. The van der Waals surface area contributed by atoms with Gasteiger partial charge in [-0.2, -0.15) is 5.10 Å². The smallest absolute Gasteiger partial charge is 0.187 e. The molecule has 1 aliphatic heterocycles. The van der Waals surface area contributed by atoms with Crippen LogP contribution in [-0.4, -0.2) is 30.6 Å². The van der Waals surface area contributed by atoms with Crippen LogP contribution in [0.5, 0.6) is 0 Å². The second kappa shape index (κ2) is 7.08. The van der Waals surface area contributed by atoms with E-state index in [4.69, 9.17) is 17.0 Å². The topological polar surface area (TPSA) is 45.6 Å². The van der Waals surface area contributed by atoms with Crippen LogP contribution in [0.2, 0.25) is 0 Å². The molecule has 0 radical (unpaired) electrons. The average Bonchev–Trinajstić information content (AvgIpc) is 2.91. The van der Waals surface area contributed by atoms with Crippen LogP contribution in [0.3, 0.4) is 0 Å². The zero-order valence-corrected chi connectivity index (χ0v) is 11.0. The van der Waals surface area contributed by atoms with Crippen LogP contribution in [0.15, 0.2) is 35.4 Å².